The number of para-hydroxylation sites is 2. The molecule has 28 heavy (non-hydrogen) atoms. The summed E-state index contributed by atoms with van der Waals surface area (Å²) in [5.74, 6) is 1.34. The minimum absolute atomic E-state index is 0.0320. The summed E-state index contributed by atoms with van der Waals surface area (Å²) >= 11 is 12.3. The predicted octanol–water partition coefficient (Wildman–Crippen LogP) is 4.94. The molecule has 3 heterocycles. The Hall–Kier alpha value is -2.37. The van der Waals surface area contributed by atoms with Crippen molar-refractivity contribution < 1.29 is 9.53 Å². The van der Waals surface area contributed by atoms with Crippen LogP contribution in [0.5, 0.6) is 5.75 Å². The number of piperidine rings is 1. The number of nitrogens with zero attached hydrogens (tertiary/aromatic N) is 3. The average molecular weight is 414 g/mol. The van der Waals surface area contributed by atoms with Crippen LogP contribution in [0.25, 0.3) is 11.0 Å². The molecule has 0 saturated carbocycles. The van der Waals surface area contributed by atoms with E-state index in [-0.39, 0.29) is 5.78 Å². The molecule has 0 aliphatic carbocycles. The van der Waals surface area contributed by atoms with E-state index in [2.05, 4.69) is 9.88 Å². The van der Waals surface area contributed by atoms with Gasteiger partial charge in [0.05, 0.1) is 34.2 Å². The summed E-state index contributed by atoms with van der Waals surface area (Å²) in [6.07, 6.45) is 3.58. The fourth-order valence-corrected chi connectivity index (χ4v) is 4.57. The van der Waals surface area contributed by atoms with Gasteiger partial charge in [-0.3, -0.25) is 9.78 Å². The molecule has 3 aromatic rings. The van der Waals surface area contributed by atoms with Crippen molar-refractivity contribution in [2.75, 3.05) is 18.0 Å². The number of rotatable bonds is 1. The van der Waals surface area contributed by atoms with E-state index >= 15 is 0 Å². The zero-order valence-corrected chi connectivity index (χ0v) is 16.5. The van der Waals surface area contributed by atoms with E-state index in [1.807, 2.05) is 24.3 Å². The smallest absolute Gasteiger partial charge is 0.170 e. The first kappa shape index (κ1) is 17.7. The maximum atomic E-state index is 12.7. The zero-order chi connectivity index (χ0) is 19.3. The van der Waals surface area contributed by atoms with E-state index < -0.39 is 5.60 Å². The summed E-state index contributed by atoms with van der Waals surface area (Å²) in [5.41, 5.74) is 1.71. The van der Waals surface area contributed by atoms with Gasteiger partial charge in [0.2, 0.25) is 0 Å². The Balaban J connectivity index is 1.38. The lowest BCUT2D eigenvalue weighted by Crippen LogP contribution is -2.51. The van der Waals surface area contributed by atoms with Crippen LogP contribution >= 0.6 is 23.2 Å². The van der Waals surface area contributed by atoms with E-state index in [0.29, 0.717) is 40.6 Å². The summed E-state index contributed by atoms with van der Waals surface area (Å²) in [6, 6.07) is 11.1. The van der Waals surface area contributed by atoms with Crippen LogP contribution in [0.1, 0.15) is 29.6 Å². The number of ether oxygens (including phenoxy) is 1. The molecule has 5 rings (SSSR count). The highest BCUT2D eigenvalue weighted by atomic mass is 35.5. The maximum Gasteiger partial charge on any atom is 0.170 e. The fourth-order valence-electron chi connectivity index (χ4n) is 4.03. The van der Waals surface area contributed by atoms with Gasteiger partial charge < -0.3 is 9.64 Å². The van der Waals surface area contributed by atoms with Crippen LogP contribution in [-0.4, -0.2) is 34.4 Å². The van der Waals surface area contributed by atoms with Gasteiger partial charge in [-0.15, -0.1) is 0 Å². The molecule has 2 aliphatic heterocycles. The molecule has 0 unspecified atom stereocenters. The lowest BCUT2D eigenvalue weighted by molar-refractivity contribution is 0.0232. The van der Waals surface area contributed by atoms with E-state index in [9.17, 15) is 4.79 Å². The summed E-state index contributed by atoms with van der Waals surface area (Å²) < 4.78 is 6.30. The van der Waals surface area contributed by atoms with Gasteiger partial charge in [-0.2, -0.15) is 0 Å². The van der Waals surface area contributed by atoms with Gasteiger partial charge in [0.1, 0.15) is 17.2 Å². The Morgan fingerprint density at radius 1 is 1.07 bits per heavy atom. The summed E-state index contributed by atoms with van der Waals surface area (Å²) in [4.78, 5) is 24.1. The molecule has 2 aliphatic rings. The Labute approximate surface area is 172 Å². The van der Waals surface area contributed by atoms with E-state index in [0.717, 1.165) is 29.9 Å². The number of benzene rings is 2. The van der Waals surface area contributed by atoms with Crippen molar-refractivity contribution in [2.45, 2.75) is 24.9 Å². The molecular formula is C21H17Cl2N3O2. The molecule has 142 valence electrons. The first-order valence-electron chi connectivity index (χ1n) is 9.21. The molecule has 0 bridgehead atoms. The largest absolute Gasteiger partial charge is 0.484 e. The van der Waals surface area contributed by atoms with E-state index in [1.165, 1.54) is 0 Å². The monoisotopic (exact) mass is 413 g/mol. The van der Waals surface area contributed by atoms with Crippen molar-refractivity contribution in [1.82, 2.24) is 9.97 Å². The van der Waals surface area contributed by atoms with Gasteiger partial charge in [-0.25, -0.2) is 4.98 Å². The van der Waals surface area contributed by atoms with Crippen molar-refractivity contribution in [3.05, 3.63) is 58.2 Å². The fraction of sp³-hybridized carbons (Fsp3) is 0.286. The van der Waals surface area contributed by atoms with Crippen LogP contribution in [0, 0.1) is 0 Å². The third kappa shape index (κ3) is 2.99. The standard InChI is InChI=1S/C21H17Cl2N3O2/c22-13-9-14-18(27)11-21(28-20(14)15(23)10-13)5-7-26(8-6-21)19-12-24-16-3-1-2-4-17(16)25-19/h1-4,9-10,12H,5-8,11H2. The number of hydrogen-bond donors (Lipinski definition) is 0. The van der Waals surface area contributed by atoms with Crippen molar-refractivity contribution in [3.8, 4) is 5.75 Å². The highest BCUT2D eigenvalue weighted by molar-refractivity contribution is 6.36. The summed E-state index contributed by atoms with van der Waals surface area (Å²) in [7, 11) is 0. The normalized spacial score (nSPS) is 18.2. The minimum atomic E-state index is -0.525. The Bertz CT molecular complexity index is 1090. The third-order valence-electron chi connectivity index (χ3n) is 5.54. The number of Topliss-reactive ketones (excluding diaryl/α,β-unsaturated/α-hetero) is 1. The molecule has 1 fully saturated rings. The molecule has 2 aromatic carbocycles. The second-order valence-corrected chi connectivity index (χ2v) is 8.20. The Morgan fingerprint density at radius 3 is 2.61 bits per heavy atom. The van der Waals surface area contributed by atoms with Crippen LogP contribution in [0.15, 0.2) is 42.6 Å². The van der Waals surface area contributed by atoms with Gasteiger partial charge in [-0.1, -0.05) is 35.3 Å². The van der Waals surface area contributed by atoms with Crippen molar-refractivity contribution >= 4 is 45.8 Å². The molecule has 0 amide bonds. The van der Waals surface area contributed by atoms with Crippen LogP contribution in [0.4, 0.5) is 5.82 Å². The second-order valence-electron chi connectivity index (χ2n) is 7.35. The molecule has 5 nitrogen and oxygen atoms in total. The number of anilines is 1. The molecule has 1 spiro atoms. The average Bonchev–Trinajstić information content (AvgIpc) is 2.69. The topological polar surface area (TPSA) is 55.3 Å². The highest BCUT2D eigenvalue weighted by Crippen LogP contribution is 2.44. The predicted molar refractivity (Wildman–Crippen MR) is 110 cm³/mol. The van der Waals surface area contributed by atoms with Crippen LogP contribution < -0.4 is 9.64 Å². The van der Waals surface area contributed by atoms with E-state index in [1.54, 1.807) is 18.3 Å². The summed E-state index contributed by atoms with van der Waals surface area (Å²) in [6.45, 7) is 1.47. The van der Waals surface area contributed by atoms with Crippen molar-refractivity contribution in [2.24, 2.45) is 0 Å². The quantitative estimate of drug-likeness (QED) is 0.565. The number of halogens is 2. The molecule has 1 saturated heterocycles. The number of fused-ring (bicyclic) bond motifs is 2. The lowest BCUT2D eigenvalue weighted by atomic mass is 9.82. The molecule has 0 N–H and O–H groups in total. The first-order chi connectivity index (χ1) is 13.5. The Kier molecular flexibility index (Phi) is 4.18. The summed E-state index contributed by atoms with van der Waals surface area (Å²) in [5, 5.41) is 0.832. The highest BCUT2D eigenvalue weighted by Gasteiger charge is 2.44. The number of aromatic nitrogens is 2. The van der Waals surface area contributed by atoms with Crippen molar-refractivity contribution in [3.63, 3.8) is 0 Å². The lowest BCUT2D eigenvalue weighted by Gasteiger charge is -2.44. The minimum Gasteiger partial charge on any atom is -0.484 e. The van der Waals surface area contributed by atoms with Gasteiger partial charge >= 0.3 is 0 Å². The van der Waals surface area contributed by atoms with Crippen LogP contribution in [0.3, 0.4) is 0 Å². The van der Waals surface area contributed by atoms with Gasteiger partial charge in [0.15, 0.2) is 5.78 Å². The molecule has 0 radical (unpaired) electrons. The third-order valence-corrected chi connectivity index (χ3v) is 6.04. The zero-order valence-electron chi connectivity index (χ0n) is 15.0. The van der Waals surface area contributed by atoms with Gasteiger partial charge in [0.25, 0.3) is 0 Å². The second kappa shape index (κ2) is 6.61. The van der Waals surface area contributed by atoms with E-state index in [4.69, 9.17) is 32.9 Å². The molecule has 1 aromatic heterocycles. The SMILES string of the molecule is O=C1CC2(CCN(c3cnc4ccccc4n3)CC2)Oc2c(Cl)cc(Cl)cc21. The Morgan fingerprint density at radius 2 is 1.82 bits per heavy atom. The molecule has 0 atom stereocenters. The van der Waals surface area contributed by atoms with Gasteiger partial charge in [0, 0.05) is 31.0 Å². The molecular weight excluding hydrogens is 397 g/mol. The van der Waals surface area contributed by atoms with Crippen LogP contribution in [-0.2, 0) is 0 Å². The van der Waals surface area contributed by atoms with Gasteiger partial charge in [-0.05, 0) is 24.3 Å². The molecule has 7 heteroatoms. The number of hydrogen-bond acceptors (Lipinski definition) is 5. The van der Waals surface area contributed by atoms with Crippen molar-refractivity contribution in [1.29, 1.82) is 0 Å². The number of ketones is 1. The maximum absolute atomic E-state index is 12.7. The number of carbonyl (C=O) groups is 1. The number of carbonyl (C=O) groups excluding carboxylic acids is 1. The first-order valence-corrected chi connectivity index (χ1v) is 9.97. The van der Waals surface area contributed by atoms with Crippen LogP contribution in [0.2, 0.25) is 10.0 Å².